The molecule has 3 aromatic rings. The lowest BCUT2D eigenvalue weighted by Gasteiger charge is -2.30. The molecule has 1 aromatic carbocycles. The molecule has 6 heteroatoms. The monoisotopic (exact) mass is 394 g/mol. The van der Waals surface area contributed by atoms with E-state index in [2.05, 4.69) is 29.0 Å². The minimum Gasteiger partial charge on any atom is -0.352 e. The minimum atomic E-state index is -0.252. The SMILES string of the molecule is CC(C)CN1C(=S)NC(c2ccccn2)C1c1cccn1-c1ccccc1F. The highest BCUT2D eigenvalue weighted by Crippen LogP contribution is 2.40. The number of halogens is 1. The number of rotatable bonds is 5. The predicted molar refractivity (Wildman–Crippen MR) is 113 cm³/mol. The van der Waals surface area contributed by atoms with E-state index in [1.54, 1.807) is 18.3 Å². The van der Waals surface area contributed by atoms with E-state index in [0.717, 1.165) is 17.9 Å². The van der Waals surface area contributed by atoms with Crippen LogP contribution in [-0.2, 0) is 0 Å². The second-order valence-electron chi connectivity index (χ2n) is 7.43. The average molecular weight is 395 g/mol. The Bertz CT molecular complexity index is 969. The van der Waals surface area contributed by atoms with Gasteiger partial charge in [0.2, 0.25) is 0 Å². The quantitative estimate of drug-likeness (QED) is 0.639. The van der Waals surface area contributed by atoms with E-state index >= 15 is 0 Å². The Morgan fingerprint density at radius 1 is 1.11 bits per heavy atom. The van der Waals surface area contributed by atoms with Crippen molar-refractivity contribution in [2.75, 3.05) is 6.54 Å². The summed E-state index contributed by atoms with van der Waals surface area (Å²) in [6.07, 6.45) is 3.69. The van der Waals surface area contributed by atoms with Gasteiger partial charge in [-0.2, -0.15) is 0 Å². The highest BCUT2D eigenvalue weighted by Gasteiger charge is 2.41. The smallest absolute Gasteiger partial charge is 0.170 e. The summed E-state index contributed by atoms with van der Waals surface area (Å²) in [4.78, 5) is 6.76. The summed E-state index contributed by atoms with van der Waals surface area (Å²) in [5.74, 6) is 0.180. The maximum Gasteiger partial charge on any atom is 0.170 e. The van der Waals surface area contributed by atoms with Crippen molar-refractivity contribution in [2.24, 2.45) is 5.92 Å². The molecule has 4 nitrogen and oxygen atoms in total. The predicted octanol–water partition coefficient (Wildman–Crippen LogP) is 4.64. The Labute approximate surface area is 170 Å². The molecule has 1 aliphatic rings. The van der Waals surface area contributed by atoms with E-state index in [4.69, 9.17) is 12.2 Å². The summed E-state index contributed by atoms with van der Waals surface area (Å²) in [6.45, 7) is 5.15. The molecule has 1 N–H and O–H groups in total. The Hall–Kier alpha value is -2.73. The standard InChI is InChI=1S/C22H23FN4S/c1-15(2)14-27-21(20(25-22(27)28)17-9-5-6-12-24-17)19-11-7-13-26(19)18-10-4-3-8-16(18)23/h3-13,15,20-21H,14H2,1-2H3,(H,25,28). The number of para-hydroxylation sites is 1. The third-order valence-electron chi connectivity index (χ3n) is 4.95. The minimum absolute atomic E-state index is 0.0839. The summed E-state index contributed by atoms with van der Waals surface area (Å²) in [6, 6.07) is 16.5. The van der Waals surface area contributed by atoms with E-state index in [-0.39, 0.29) is 17.9 Å². The molecule has 1 aliphatic heterocycles. The van der Waals surface area contributed by atoms with Gasteiger partial charge in [-0.1, -0.05) is 32.0 Å². The fourth-order valence-corrected chi connectivity index (χ4v) is 4.13. The number of pyridine rings is 1. The van der Waals surface area contributed by atoms with Crippen LogP contribution in [0.15, 0.2) is 67.0 Å². The number of nitrogens with one attached hydrogen (secondary N) is 1. The summed E-state index contributed by atoms with van der Waals surface area (Å²) in [7, 11) is 0. The maximum atomic E-state index is 14.5. The van der Waals surface area contributed by atoms with Crippen LogP contribution >= 0.6 is 12.2 Å². The molecule has 4 rings (SSSR count). The second kappa shape index (κ2) is 7.72. The van der Waals surface area contributed by atoms with Gasteiger partial charge in [0, 0.05) is 24.6 Å². The maximum absolute atomic E-state index is 14.5. The third kappa shape index (κ3) is 3.40. The van der Waals surface area contributed by atoms with Gasteiger partial charge < -0.3 is 14.8 Å². The number of hydrogen-bond donors (Lipinski definition) is 1. The third-order valence-corrected chi connectivity index (χ3v) is 5.31. The zero-order valence-electron chi connectivity index (χ0n) is 15.9. The van der Waals surface area contributed by atoms with Crippen LogP contribution in [-0.4, -0.2) is 26.1 Å². The normalized spacial score (nSPS) is 19.3. The second-order valence-corrected chi connectivity index (χ2v) is 7.81. The zero-order chi connectivity index (χ0) is 19.7. The molecule has 2 atom stereocenters. The first-order valence-corrected chi connectivity index (χ1v) is 9.87. The summed E-state index contributed by atoms with van der Waals surface area (Å²) >= 11 is 5.68. The van der Waals surface area contributed by atoms with Crippen LogP contribution < -0.4 is 5.32 Å². The van der Waals surface area contributed by atoms with Crippen molar-refractivity contribution in [3.8, 4) is 5.69 Å². The molecule has 0 amide bonds. The lowest BCUT2D eigenvalue weighted by molar-refractivity contribution is 0.280. The van der Waals surface area contributed by atoms with Gasteiger partial charge in [-0.3, -0.25) is 4.98 Å². The van der Waals surface area contributed by atoms with E-state index in [0.29, 0.717) is 16.7 Å². The van der Waals surface area contributed by atoms with Crippen molar-refractivity contribution >= 4 is 17.3 Å². The first kappa shape index (κ1) is 18.6. The molecule has 0 saturated carbocycles. The zero-order valence-corrected chi connectivity index (χ0v) is 16.7. The molecule has 2 aromatic heterocycles. The largest absolute Gasteiger partial charge is 0.352 e. The summed E-state index contributed by atoms with van der Waals surface area (Å²) < 4.78 is 16.5. The highest BCUT2D eigenvalue weighted by molar-refractivity contribution is 7.80. The van der Waals surface area contributed by atoms with Crippen molar-refractivity contribution in [2.45, 2.75) is 25.9 Å². The molecule has 0 bridgehead atoms. The van der Waals surface area contributed by atoms with Gasteiger partial charge in [-0.05, 0) is 54.5 Å². The molecule has 0 aliphatic carbocycles. The molecule has 3 heterocycles. The van der Waals surface area contributed by atoms with Crippen LogP contribution in [0.3, 0.4) is 0 Å². The molecule has 1 fully saturated rings. The first-order chi connectivity index (χ1) is 13.6. The van der Waals surface area contributed by atoms with Crippen molar-refractivity contribution in [3.05, 3.63) is 84.2 Å². The van der Waals surface area contributed by atoms with Crippen LogP contribution in [0.25, 0.3) is 5.69 Å². The Morgan fingerprint density at radius 3 is 2.61 bits per heavy atom. The van der Waals surface area contributed by atoms with Gasteiger partial charge in [-0.15, -0.1) is 0 Å². The Morgan fingerprint density at radius 2 is 1.89 bits per heavy atom. The Balaban J connectivity index is 1.83. The number of hydrogen-bond acceptors (Lipinski definition) is 2. The highest BCUT2D eigenvalue weighted by atomic mass is 32.1. The molecule has 2 unspecified atom stereocenters. The van der Waals surface area contributed by atoms with Crippen molar-refractivity contribution < 1.29 is 4.39 Å². The number of aromatic nitrogens is 2. The van der Waals surface area contributed by atoms with E-state index < -0.39 is 0 Å². The van der Waals surface area contributed by atoms with Gasteiger partial charge in [0.15, 0.2) is 5.11 Å². The number of benzene rings is 1. The number of nitrogens with zero attached hydrogens (tertiary/aromatic N) is 3. The Kier molecular flexibility index (Phi) is 5.13. The van der Waals surface area contributed by atoms with E-state index in [1.165, 1.54) is 6.07 Å². The van der Waals surface area contributed by atoms with Crippen LogP contribution in [0.1, 0.15) is 37.3 Å². The molecule has 28 heavy (non-hydrogen) atoms. The van der Waals surface area contributed by atoms with Crippen LogP contribution in [0.2, 0.25) is 0 Å². The fraction of sp³-hybridized carbons (Fsp3) is 0.273. The van der Waals surface area contributed by atoms with Gasteiger partial charge in [0.05, 0.1) is 23.5 Å². The summed E-state index contributed by atoms with van der Waals surface area (Å²) in [5.41, 5.74) is 2.43. The molecule has 0 spiro atoms. The first-order valence-electron chi connectivity index (χ1n) is 9.46. The molecular weight excluding hydrogens is 371 g/mol. The molecule has 0 radical (unpaired) electrons. The fourth-order valence-electron chi connectivity index (χ4n) is 3.82. The van der Waals surface area contributed by atoms with E-state index in [9.17, 15) is 4.39 Å². The van der Waals surface area contributed by atoms with E-state index in [1.807, 2.05) is 47.2 Å². The van der Waals surface area contributed by atoms with Gasteiger partial charge in [0.25, 0.3) is 0 Å². The van der Waals surface area contributed by atoms with Gasteiger partial charge in [0.1, 0.15) is 5.82 Å². The van der Waals surface area contributed by atoms with Crippen molar-refractivity contribution in [1.29, 1.82) is 0 Å². The molecule has 144 valence electrons. The van der Waals surface area contributed by atoms with Crippen LogP contribution in [0.5, 0.6) is 0 Å². The van der Waals surface area contributed by atoms with Gasteiger partial charge >= 0.3 is 0 Å². The number of thiocarbonyl (C=S) groups is 1. The molecular formula is C22H23FN4S. The van der Waals surface area contributed by atoms with Crippen LogP contribution in [0, 0.1) is 11.7 Å². The van der Waals surface area contributed by atoms with Crippen molar-refractivity contribution in [1.82, 2.24) is 19.8 Å². The van der Waals surface area contributed by atoms with Crippen molar-refractivity contribution in [3.63, 3.8) is 0 Å². The lowest BCUT2D eigenvalue weighted by atomic mass is 10.0. The van der Waals surface area contributed by atoms with Crippen LogP contribution in [0.4, 0.5) is 4.39 Å². The average Bonchev–Trinajstić information content (AvgIpc) is 3.27. The topological polar surface area (TPSA) is 33.1 Å². The summed E-state index contributed by atoms with van der Waals surface area (Å²) in [5, 5.41) is 4.15. The lowest BCUT2D eigenvalue weighted by Crippen LogP contribution is -2.33. The van der Waals surface area contributed by atoms with Gasteiger partial charge in [-0.25, -0.2) is 4.39 Å². The molecule has 1 saturated heterocycles.